The number of aromatic amines is 2. The van der Waals surface area contributed by atoms with Gasteiger partial charge in [0.1, 0.15) is 4.64 Å². The zero-order valence-electron chi connectivity index (χ0n) is 7.35. The Morgan fingerprint density at radius 3 is 2.86 bits per heavy atom. The molecule has 0 radical (unpaired) electrons. The largest absolute Gasteiger partial charge is 0.331 e. The van der Waals surface area contributed by atoms with E-state index in [1.165, 1.54) is 39.9 Å². The van der Waals surface area contributed by atoms with E-state index in [0.29, 0.717) is 4.77 Å². The maximum atomic E-state index is 5.25. The molecule has 14 heavy (non-hydrogen) atoms. The van der Waals surface area contributed by atoms with Crippen LogP contribution in [0.1, 0.15) is 16.9 Å². The smallest absolute Gasteiger partial charge is 0.175 e. The van der Waals surface area contributed by atoms with E-state index in [9.17, 15) is 0 Å². The summed E-state index contributed by atoms with van der Waals surface area (Å²) in [7, 11) is 0. The monoisotopic (exact) mass is 240 g/mol. The lowest BCUT2D eigenvalue weighted by Crippen LogP contribution is -1.85. The van der Waals surface area contributed by atoms with Crippen molar-refractivity contribution >= 4 is 46.0 Å². The molecule has 0 bridgehead atoms. The van der Waals surface area contributed by atoms with E-state index in [-0.39, 0.29) is 0 Å². The van der Waals surface area contributed by atoms with Crippen molar-refractivity contribution < 1.29 is 0 Å². The molecule has 0 atom stereocenters. The Morgan fingerprint density at radius 2 is 2.00 bits per heavy atom. The zero-order valence-corrected chi connectivity index (χ0v) is 9.80. The van der Waals surface area contributed by atoms with Crippen LogP contribution in [0.25, 0.3) is 10.2 Å². The molecule has 0 saturated heterocycles. The number of thiophene rings is 1. The average Bonchev–Trinajstić information content (AvgIpc) is 2.65. The van der Waals surface area contributed by atoms with Gasteiger partial charge in [0, 0.05) is 4.88 Å². The molecule has 2 heterocycles. The number of aromatic nitrogens is 2. The van der Waals surface area contributed by atoms with Crippen molar-refractivity contribution in [2.24, 2.45) is 0 Å². The van der Waals surface area contributed by atoms with Crippen LogP contribution < -0.4 is 0 Å². The third kappa shape index (κ3) is 1.12. The second kappa shape index (κ2) is 2.98. The molecule has 5 heteroatoms. The van der Waals surface area contributed by atoms with E-state index in [1.807, 2.05) is 11.3 Å². The van der Waals surface area contributed by atoms with E-state index in [0.717, 1.165) is 4.64 Å². The summed E-state index contributed by atoms with van der Waals surface area (Å²) in [6.45, 7) is 0. The lowest BCUT2D eigenvalue weighted by Gasteiger charge is -1.94. The topological polar surface area (TPSA) is 31.6 Å². The molecule has 0 aliphatic heterocycles. The first-order valence-electron chi connectivity index (χ1n) is 4.52. The van der Waals surface area contributed by atoms with Gasteiger partial charge >= 0.3 is 0 Å². The highest BCUT2D eigenvalue weighted by molar-refractivity contribution is 7.72. The van der Waals surface area contributed by atoms with Gasteiger partial charge in [-0.3, -0.25) is 0 Å². The predicted octanol–water partition coefficient (Wildman–Crippen LogP) is 3.51. The molecule has 2 N–H and O–H groups in total. The van der Waals surface area contributed by atoms with Crippen LogP contribution in [0.3, 0.4) is 0 Å². The molecule has 0 spiro atoms. The molecule has 1 aliphatic carbocycles. The first-order chi connectivity index (χ1) is 6.75. The van der Waals surface area contributed by atoms with Gasteiger partial charge in [-0.1, -0.05) is 12.2 Å². The van der Waals surface area contributed by atoms with E-state index in [4.69, 9.17) is 24.4 Å². The highest BCUT2D eigenvalue weighted by atomic mass is 32.1. The molecule has 72 valence electrons. The molecule has 1 aliphatic rings. The molecule has 2 aromatic heterocycles. The van der Waals surface area contributed by atoms with Gasteiger partial charge < -0.3 is 9.97 Å². The van der Waals surface area contributed by atoms with Gasteiger partial charge in [0.15, 0.2) is 4.77 Å². The quantitative estimate of drug-likeness (QED) is 0.691. The van der Waals surface area contributed by atoms with E-state index < -0.39 is 0 Å². The highest BCUT2D eigenvalue weighted by Gasteiger charge is 2.18. The summed E-state index contributed by atoms with van der Waals surface area (Å²) in [5.74, 6) is 0. The Bertz CT molecular complexity index is 617. The molecule has 0 fully saturated rings. The van der Waals surface area contributed by atoms with Gasteiger partial charge in [-0.2, -0.15) is 0 Å². The van der Waals surface area contributed by atoms with Crippen molar-refractivity contribution in [3.63, 3.8) is 0 Å². The van der Waals surface area contributed by atoms with Crippen molar-refractivity contribution in [1.29, 1.82) is 0 Å². The zero-order chi connectivity index (χ0) is 9.71. The Kier molecular flexibility index (Phi) is 1.87. The predicted molar refractivity (Wildman–Crippen MR) is 64.2 cm³/mol. The maximum Gasteiger partial charge on any atom is 0.175 e. The van der Waals surface area contributed by atoms with Gasteiger partial charge in [-0.25, -0.2) is 0 Å². The number of hydrogen-bond acceptors (Lipinski definition) is 3. The fourth-order valence-corrected chi connectivity index (χ4v) is 3.84. The van der Waals surface area contributed by atoms with Gasteiger partial charge in [0.2, 0.25) is 0 Å². The van der Waals surface area contributed by atoms with Gasteiger partial charge in [-0.15, -0.1) is 11.3 Å². The fraction of sp³-hybridized carbons (Fsp3) is 0.333. The van der Waals surface area contributed by atoms with Crippen LogP contribution in [0, 0.1) is 9.41 Å². The molecule has 2 aromatic rings. The fourth-order valence-electron chi connectivity index (χ4n) is 2.00. The van der Waals surface area contributed by atoms with Crippen LogP contribution in [0.4, 0.5) is 0 Å². The van der Waals surface area contributed by atoms with Crippen LogP contribution >= 0.6 is 35.8 Å². The van der Waals surface area contributed by atoms with Crippen molar-refractivity contribution in [2.45, 2.75) is 19.3 Å². The first kappa shape index (κ1) is 8.76. The van der Waals surface area contributed by atoms with Crippen LogP contribution in [-0.4, -0.2) is 9.97 Å². The summed E-state index contributed by atoms with van der Waals surface area (Å²) in [5.41, 5.74) is 2.62. The molecule has 2 nitrogen and oxygen atoms in total. The van der Waals surface area contributed by atoms with E-state index in [1.54, 1.807) is 0 Å². The van der Waals surface area contributed by atoms with Crippen molar-refractivity contribution in [1.82, 2.24) is 9.97 Å². The second-order valence-electron chi connectivity index (χ2n) is 3.47. The standard InChI is InChI=1S/C9H8N2S3/c12-8-7-6(10-9(13)11-8)4-2-1-3-5(4)14-7/h1-3H2,(H2,10,11,12,13). The molecular formula is C9H8N2S3. The van der Waals surface area contributed by atoms with Crippen molar-refractivity contribution in [2.75, 3.05) is 0 Å². The van der Waals surface area contributed by atoms with Crippen LogP contribution in [-0.2, 0) is 12.8 Å². The number of rotatable bonds is 0. The summed E-state index contributed by atoms with van der Waals surface area (Å²) in [6.07, 6.45) is 3.63. The minimum atomic E-state index is 0.634. The molecule has 3 rings (SSSR count). The SMILES string of the molecule is S=c1[nH]c(=S)c2sc3c(c2[nH]1)CCC3. The summed E-state index contributed by atoms with van der Waals surface area (Å²) in [6, 6.07) is 0. The van der Waals surface area contributed by atoms with Crippen molar-refractivity contribution in [3.8, 4) is 0 Å². The van der Waals surface area contributed by atoms with E-state index in [2.05, 4.69) is 9.97 Å². The first-order valence-corrected chi connectivity index (χ1v) is 6.16. The summed E-state index contributed by atoms with van der Waals surface area (Å²) < 4.78 is 2.58. The van der Waals surface area contributed by atoms with Gasteiger partial charge in [0.05, 0.1) is 10.2 Å². The average molecular weight is 240 g/mol. The minimum Gasteiger partial charge on any atom is -0.331 e. The normalized spacial score (nSPS) is 14.9. The molecule has 0 saturated carbocycles. The van der Waals surface area contributed by atoms with E-state index >= 15 is 0 Å². The second-order valence-corrected chi connectivity index (χ2v) is 5.39. The van der Waals surface area contributed by atoms with Gasteiger partial charge in [-0.05, 0) is 37.0 Å². The van der Waals surface area contributed by atoms with Crippen LogP contribution in [0.2, 0.25) is 0 Å². The summed E-state index contributed by atoms with van der Waals surface area (Å²) in [4.78, 5) is 7.68. The van der Waals surface area contributed by atoms with Crippen molar-refractivity contribution in [3.05, 3.63) is 19.9 Å². The lowest BCUT2D eigenvalue weighted by atomic mass is 10.2. The minimum absolute atomic E-state index is 0.634. The number of hydrogen-bond donors (Lipinski definition) is 2. The van der Waals surface area contributed by atoms with Crippen LogP contribution in [0.5, 0.6) is 0 Å². The Labute approximate surface area is 95.0 Å². The summed E-state index contributed by atoms with van der Waals surface area (Å²) >= 11 is 12.2. The third-order valence-corrected chi connectivity index (χ3v) is 4.54. The van der Waals surface area contributed by atoms with Crippen LogP contribution in [0.15, 0.2) is 0 Å². The lowest BCUT2D eigenvalue weighted by molar-refractivity contribution is 0.916. The molecular weight excluding hydrogens is 232 g/mol. The maximum absolute atomic E-state index is 5.25. The number of fused-ring (bicyclic) bond motifs is 3. The number of H-pyrrole nitrogens is 2. The molecule has 0 aromatic carbocycles. The molecule has 0 amide bonds. The third-order valence-electron chi connectivity index (χ3n) is 2.59. The molecule has 0 unspecified atom stereocenters. The number of aryl methyl sites for hydroxylation is 2. The highest BCUT2D eigenvalue weighted by Crippen LogP contribution is 2.36. The van der Waals surface area contributed by atoms with Gasteiger partial charge in [0.25, 0.3) is 0 Å². The number of nitrogens with one attached hydrogen (secondary N) is 2. The Morgan fingerprint density at radius 1 is 1.14 bits per heavy atom. The Balaban J connectivity index is 2.56. The summed E-state index contributed by atoms with van der Waals surface area (Å²) in [5, 5.41) is 0. The Hall–Kier alpha value is -0.520.